The smallest absolute Gasteiger partial charge is 0.248 e. The number of rotatable bonds is 3. The van der Waals surface area contributed by atoms with E-state index in [1.807, 2.05) is 4.90 Å². The number of nitrogens with zero attached hydrogens (tertiary/aromatic N) is 2. The molecule has 0 radical (unpaired) electrons. The zero-order valence-corrected chi connectivity index (χ0v) is 11.0. The van der Waals surface area contributed by atoms with E-state index in [4.69, 9.17) is 4.74 Å². The maximum absolute atomic E-state index is 11.6. The van der Waals surface area contributed by atoms with Crippen LogP contribution < -0.4 is 0 Å². The van der Waals surface area contributed by atoms with Gasteiger partial charge in [-0.05, 0) is 5.41 Å². The van der Waals surface area contributed by atoms with Crippen molar-refractivity contribution in [2.24, 2.45) is 5.41 Å². The minimum absolute atomic E-state index is 0.109. The standard InChI is InChI=1S/C12H24N2O2/c1-12(2,3)10-13-5-7-14(8-6-13)11(15)9-16-4/h5-10H2,1-4H3. The van der Waals surface area contributed by atoms with Crippen molar-refractivity contribution in [1.82, 2.24) is 9.80 Å². The molecular weight excluding hydrogens is 204 g/mol. The number of hydrogen-bond donors (Lipinski definition) is 0. The molecule has 0 bridgehead atoms. The largest absolute Gasteiger partial charge is 0.375 e. The Bertz CT molecular complexity index is 228. The van der Waals surface area contributed by atoms with Gasteiger partial charge < -0.3 is 9.64 Å². The Labute approximate surface area is 98.5 Å². The number of piperazine rings is 1. The Morgan fingerprint density at radius 1 is 1.19 bits per heavy atom. The molecule has 4 nitrogen and oxygen atoms in total. The summed E-state index contributed by atoms with van der Waals surface area (Å²) < 4.78 is 4.86. The van der Waals surface area contributed by atoms with Gasteiger partial charge in [0.05, 0.1) is 0 Å². The maximum atomic E-state index is 11.6. The summed E-state index contributed by atoms with van der Waals surface area (Å²) in [7, 11) is 1.56. The summed E-state index contributed by atoms with van der Waals surface area (Å²) in [6, 6.07) is 0. The van der Waals surface area contributed by atoms with Crippen molar-refractivity contribution < 1.29 is 9.53 Å². The summed E-state index contributed by atoms with van der Waals surface area (Å²) in [5.41, 5.74) is 0.332. The van der Waals surface area contributed by atoms with Crippen molar-refractivity contribution in [1.29, 1.82) is 0 Å². The lowest BCUT2D eigenvalue weighted by Crippen LogP contribution is -2.51. The van der Waals surface area contributed by atoms with Crippen molar-refractivity contribution in [3.05, 3.63) is 0 Å². The van der Waals surface area contributed by atoms with Crippen LogP contribution >= 0.6 is 0 Å². The normalized spacial score (nSPS) is 18.9. The Morgan fingerprint density at radius 2 is 1.75 bits per heavy atom. The van der Waals surface area contributed by atoms with Crippen LogP contribution in [0.3, 0.4) is 0 Å². The number of methoxy groups -OCH3 is 1. The van der Waals surface area contributed by atoms with Gasteiger partial charge in [-0.2, -0.15) is 0 Å². The van der Waals surface area contributed by atoms with Gasteiger partial charge >= 0.3 is 0 Å². The van der Waals surface area contributed by atoms with Crippen molar-refractivity contribution in [2.75, 3.05) is 46.4 Å². The molecule has 1 rings (SSSR count). The van der Waals surface area contributed by atoms with Crippen LogP contribution in [0.15, 0.2) is 0 Å². The highest BCUT2D eigenvalue weighted by atomic mass is 16.5. The summed E-state index contributed by atoms with van der Waals surface area (Å²) in [5.74, 6) is 0.109. The van der Waals surface area contributed by atoms with Gasteiger partial charge in [0.25, 0.3) is 0 Å². The minimum atomic E-state index is 0.109. The molecule has 1 aliphatic heterocycles. The third kappa shape index (κ3) is 4.49. The molecule has 0 aromatic heterocycles. The van der Waals surface area contributed by atoms with Gasteiger partial charge in [0, 0.05) is 39.8 Å². The van der Waals surface area contributed by atoms with E-state index in [9.17, 15) is 4.79 Å². The van der Waals surface area contributed by atoms with Crippen LogP contribution in [-0.2, 0) is 9.53 Å². The van der Waals surface area contributed by atoms with Crippen LogP contribution in [-0.4, -0.2) is 62.1 Å². The second-order valence-corrected chi connectivity index (χ2v) is 5.65. The Hall–Kier alpha value is -0.610. The summed E-state index contributed by atoms with van der Waals surface area (Å²) in [4.78, 5) is 15.9. The zero-order valence-electron chi connectivity index (χ0n) is 11.0. The summed E-state index contributed by atoms with van der Waals surface area (Å²) in [6.45, 7) is 11.7. The molecule has 94 valence electrons. The van der Waals surface area contributed by atoms with Crippen molar-refractivity contribution in [2.45, 2.75) is 20.8 Å². The molecule has 0 N–H and O–H groups in total. The molecule has 0 aromatic rings. The molecule has 1 saturated heterocycles. The molecule has 1 heterocycles. The fraction of sp³-hybridized carbons (Fsp3) is 0.917. The molecular formula is C12H24N2O2. The molecule has 0 aromatic carbocycles. The van der Waals surface area contributed by atoms with Crippen LogP contribution in [0.5, 0.6) is 0 Å². The van der Waals surface area contributed by atoms with Crippen molar-refractivity contribution >= 4 is 5.91 Å². The molecule has 4 heteroatoms. The molecule has 16 heavy (non-hydrogen) atoms. The van der Waals surface area contributed by atoms with Crippen LogP contribution in [0, 0.1) is 5.41 Å². The van der Waals surface area contributed by atoms with E-state index in [1.54, 1.807) is 7.11 Å². The predicted molar refractivity (Wildman–Crippen MR) is 64.4 cm³/mol. The van der Waals surface area contributed by atoms with Gasteiger partial charge in [-0.3, -0.25) is 9.69 Å². The lowest BCUT2D eigenvalue weighted by atomic mass is 9.96. The monoisotopic (exact) mass is 228 g/mol. The molecule has 1 fully saturated rings. The first kappa shape index (κ1) is 13.5. The van der Waals surface area contributed by atoms with E-state index in [1.165, 1.54) is 0 Å². The van der Waals surface area contributed by atoms with Gasteiger partial charge in [-0.1, -0.05) is 20.8 Å². The third-order valence-corrected chi connectivity index (χ3v) is 2.69. The maximum Gasteiger partial charge on any atom is 0.248 e. The Kier molecular flexibility index (Phi) is 4.74. The van der Waals surface area contributed by atoms with E-state index in [0.717, 1.165) is 32.7 Å². The SMILES string of the molecule is COCC(=O)N1CCN(CC(C)(C)C)CC1. The number of ether oxygens (including phenoxy) is 1. The van der Waals surface area contributed by atoms with Crippen LogP contribution in [0.4, 0.5) is 0 Å². The van der Waals surface area contributed by atoms with E-state index in [2.05, 4.69) is 25.7 Å². The molecule has 0 atom stereocenters. The second kappa shape index (κ2) is 5.64. The number of carbonyl (C=O) groups is 1. The van der Waals surface area contributed by atoms with Crippen LogP contribution in [0.1, 0.15) is 20.8 Å². The summed E-state index contributed by atoms with van der Waals surface area (Å²) in [6.07, 6.45) is 0. The minimum Gasteiger partial charge on any atom is -0.375 e. The van der Waals surface area contributed by atoms with Crippen molar-refractivity contribution in [3.8, 4) is 0 Å². The van der Waals surface area contributed by atoms with E-state index >= 15 is 0 Å². The fourth-order valence-corrected chi connectivity index (χ4v) is 2.04. The van der Waals surface area contributed by atoms with Gasteiger partial charge in [0.15, 0.2) is 0 Å². The topological polar surface area (TPSA) is 32.8 Å². The van der Waals surface area contributed by atoms with E-state index in [0.29, 0.717) is 5.41 Å². The third-order valence-electron chi connectivity index (χ3n) is 2.69. The highest BCUT2D eigenvalue weighted by molar-refractivity contribution is 5.77. The average Bonchev–Trinajstić information content (AvgIpc) is 2.16. The molecule has 1 aliphatic rings. The lowest BCUT2D eigenvalue weighted by molar-refractivity contribution is -0.137. The first-order chi connectivity index (χ1) is 7.42. The molecule has 0 saturated carbocycles. The lowest BCUT2D eigenvalue weighted by Gasteiger charge is -2.37. The second-order valence-electron chi connectivity index (χ2n) is 5.65. The molecule has 0 unspecified atom stereocenters. The molecule has 0 spiro atoms. The van der Waals surface area contributed by atoms with Gasteiger partial charge in [0.1, 0.15) is 6.61 Å². The quantitative estimate of drug-likeness (QED) is 0.717. The van der Waals surface area contributed by atoms with Crippen LogP contribution in [0.25, 0.3) is 0 Å². The van der Waals surface area contributed by atoms with E-state index < -0.39 is 0 Å². The average molecular weight is 228 g/mol. The molecule has 1 amide bonds. The number of amides is 1. The van der Waals surface area contributed by atoms with Crippen LogP contribution in [0.2, 0.25) is 0 Å². The first-order valence-electron chi connectivity index (χ1n) is 5.91. The predicted octanol–water partition coefficient (Wildman–Crippen LogP) is 0.823. The van der Waals surface area contributed by atoms with Gasteiger partial charge in [0.2, 0.25) is 5.91 Å². The summed E-state index contributed by atoms with van der Waals surface area (Å²) in [5, 5.41) is 0. The number of carbonyl (C=O) groups excluding carboxylic acids is 1. The highest BCUT2D eigenvalue weighted by Crippen LogP contribution is 2.16. The van der Waals surface area contributed by atoms with Gasteiger partial charge in [-0.15, -0.1) is 0 Å². The Balaban J connectivity index is 2.31. The molecule has 0 aliphatic carbocycles. The first-order valence-corrected chi connectivity index (χ1v) is 5.91. The number of hydrogen-bond acceptors (Lipinski definition) is 3. The summed E-state index contributed by atoms with van der Waals surface area (Å²) >= 11 is 0. The highest BCUT2D eigenvalue weighted by Gasteiger charge is 2.23. The van der Waals surface area contributed by atoms with Gasteiger partial charge in [-0.25, -0.2) is 0 Å². The zero-order chi connectivity index (χ0) is 12.2. The fourth-order valence-electron chi connectivity index (χ4n) is 2.04. The van der Waals surface area contributed by atoms with Crippen molar-refractivity contribution in [3.63, 3.8) is 0 Å². The van der Waals surface area contributed by atoms with E-state index in [-0.39, 0.29) is 12.5 Å². The Morgan fingerprint density at radius 3 is 2.19 bits per heavy atom.